The standard InChI is InChI=1S/C53H36BrFO2.22H2/c1-2-3-4-5-6-7-8-9-10-11-12-13-14-15-16-17-20-23-26-31-41-56-42-32-27-24-21-18-19-22-25-28-33-43-57-48-39-40-50-49-37-29-30-38-51(49)53(54,52(50)45-48)46-35-34-36-47(55)44-46;;;;;;;;;;;;;;;;;;;;;;/h1,29-30,34-40,44-45H,18-19,21-22,24-25,27-28,32-33,42-43H2;22*1H. The van der Waals surface area contributed by atoms with E-state index < -0.39 is 4.32 Å². The third-order valence-corrected chi connectivity index (χ3v) is 9.71. The second-order valence-electron chi connectivity index (χ2n) is 12.3. The molecular weight excluding hydrogens is 767 g/mol. The van der Waals surface area contributed by atoms with Crippen LogP contribution in [0.15, 0.2) is 66.7 Å². The highest BCUT2D eigenvalue weighted by molar-refractivity contribution is 9.10. The van der Waals surface area contributed by atoms with E-state index in [1.807, 2.05) is 24.3 Å². The van der Waals surface area contributed by atoms with Crippen molar-refractivity contribution in [1.82, 2.24) is 0 Å². The summed E-state index contributed by atoms with van der Waals surface area (Å²) < 4.78 is 25.2. The van der Waals surface area contributed by atoms with Crippen molar-refractivity contribution >= 4 is 15.9 Å². The molecule has 0 aliphatic heterocycles. The molecule has 1 aliphatic rings. The summed E-state index contributed by atoms with van der Waals surface area (Å²) in [5.41, 5.74) is 5.35. The summed E-state index contributed by atoms with van der Waals surface area (Å²) >= 11 is 4.04. The molecule has 0 aromatic heterocycles. The van der Waals surface area contributed by atoms with E-state index in [-0.39, 0.29) is 37.2 Å². The molecule has 57 heavy (non-hydrogen) atoms. The minimum atomic E-state index is -0.629. The van der Waals surface area contributed by atoms with E-state index in [1.54, 1.807) is 12.1 Å². The number of benzene rings is 3. The second-order valence-corrected chi connectivity index (χ2v) is 13.5. The van der Waals surface area contributed by atoms with Crippen LogP contribution in [0, 0.1) is 137 Å². The maximum absolute atomic E-state index is 14.3. The van der Waals surface area contributed by atoms with E-state index in [2.05, 4.69) is 165 Å². The minimum Gasteiger partial charge on any atom is -0.494 e. The van der Waals surface area contributed by atoms with Crippen LogP contribution >= 0.6 is 15.9 Å². The van der Waals surface area contributed by atoms with Crippen LogP contribution in [0.2, 0.25) is 0 Å². The van der Waals surface area contributed by atoms with Gasteiger partial charge in [0.05, 0.1) is 6.61 Å². The predicted octanol–water partition coefficient (Wildman–Crippen LogP) is 14.8. The maximum Gasteiger partial charge on any atom is 0.124 e. The topological polar surface area (TPSA) is 18.5 Å². The van der Waals surface area contributed by atoms with Crippen molar-refractivity contribution in [3.05, 3.63) is 89.2 Å². The van der Waals surface area contributed by atoms with Gasteiger partial charge >= 0.3 is 0 Å². The Morgan fingerprint density at radius 1 is 0.509 bits per heavy atom. The highest BCUT2D eigenvalue weighted by Gasteiger charge is 2.43. The molecule has 0 spiro atoms. The number of ether oxygens (including phenoxy) is 2. The Balaban J connectivity index is -0.0000000963. The second kappa shape index (κ2) is 25.8. The molecule has 4 rings (SSSR count). The first kappa shape index (κ1) is 42.6. The van der Waals surface area contributed by atoms with Gasteiger partial charge in [-0.25, -0.2) is 4.39 Å². The van der Waals surface area contributed by atoms with Gasteiger partial charge in [0, 0.05) is 102 Å². The van der Waals surface area contributed by atoms with E-state index >= 15 is 0 Å². The highest BCUT2D eigenvalue weighted by atomic mass is 79.9. The molecule has 4 heteroatoms. The van der Waals surface area contributed by atoms with Crippen molar-refractivity contribution in [2.24, 2.45) is 0 Å². The molecule has 1 atom stereocenters. The molecule has 0 bridgehead atoms. The zero-order valence-corrected chi connectivity index (χ0v) is 33.1. The van der Waals surface area contributed by atoms with Crippen LogP contribution in [-0.2, 0) is 9.06 Å². The molecule has 1 unspecified atom stereocenters. The number of fused-ring (bicyclic) bond motifs is 3. The van der Waals surface area contributed by atoms with Crippen molar-refractivity contribution in [1.29, 1.82) is 0 Å². The average molecular weight is 848 g/mol. The summed E-state index contributed by atoms with van der Waals surface area (Å²) in [6, 6.07) is 21.4. The predicted molar refractivity (Wildman–Crippen MR) is 278 cm³/mol. The van der Waals surface area contributed by atoms with Crippen LogP contribution in [0.1, 0.15) is 112 Å². The number of alkyl halides is 1. The highest BCUT2D eigenvalue weighted by Crippen LogP contribution is 2.56. The van der Waals surface area contributed by atoms with E-state index in [4.69, 9.17) is 15.9 Å². The monoisotopic (exact) mass is 847 g/mol. The van der Waals surface area contributed by atoms with Gasteiger partial charge in [-0.05, 0) is 112 Å². The number of hydrogen-bond donors (Lipinski definition) is 0. The summed E-state index contributed by atoms with van der Waals surface area (Å²) in [6.45, 7) is 1.27. The van der Waals surface area contributed by atoms with Crippen molar-refractivity contribution < 1.29 is 45.3 Å². The molecule has 0 radical (unpaired) electrons. The van der Waals surface area contributed by atoms with Crippen molar-refractivity contribution in [3.8, 4) is 148 Å². The molecule has 1 aliphatic carbocycles. The Bertz CT molecular complexity index is 2670. The molecule has 0 heterocycles. The molecule has 0 saturated carbocycles. The van der Waals surface area contributed by atoms with Gasteiger partial charge in [0.2, 0.25) is 0 Å². The van der Waals surface area contributed by atoms with Crippen LogP contribution < -0.4 is 4.74 Å². The van der Waals surface area contributed by atoms with Gasteiger partial charge in [-0.15, -0.1) is 6.42 Å². The van der Waals surface area contributed by atoms with Gasteiger partial charge in [0.25, 0.3) is 0 Å². The first-order valence-electron chi connectivity index (χ1n) is 18.5. The third-order valence-electron chi connectivity index (χ3n) is 8.40. The Morgan fingerprint density at radius 3 is 1.56 bits per heavy atom. The van der Waals surface area contributed by atoms with Crippen molar-refractivity contribution in [3.63, 3.8) is 0 Å². The molecule has 0 N–H and O–H groups in total. The van der Waals surface area contributed by atoms with E-state index in [0.717, 1.165) is 59.3 Å². The summed E-state index contributed by atoms with van der Waals surface area (Å²) in [5.74, 6) is 50.7. The van der Waals surface area contributed by atoms with Crippen LogP contribution in [-0.4, -0.2) is 13.2 Å². The molecule has 2 nitrogen and oxygen atoms in total. The lowest BCUT2D eigenvalue weighted by Gasteiger charge is -2.26. The van der Waals surface area contributed by atoms with Gasteiger partial charge in [0.15, 0.2) is 0 Å². The van der Waals surface area contributed by atoms with E-state index in [9.17, 15) is 4.39 Å². The van der Waals surface area contributed by atoms with Gasteiger partial charge < -0.3 is 9.47 Å². The normalized spacial score (nSPS) is 11.5. The summed E-state index contributed by atoms with van der Waals surface area (Å²) in [4.78, 5) is 0. The molecule has 318 valence electrons. The number of unbranched alkanes of at least 4 members (excludes halogenated alkanes) is 9. The lowest BCUT2D eigenvalue weighted by molar-refractivity contribution is 0.267. The quantitative estimate of drug-likeness (QED) is 0.0862. The first-order chi connectivity index (χ1) is 28.1. The first-order valence-corrected chi connectivity index (χ1v) is 19.3. The largest absolute Gasteiger partial charge is 0.494 e. The zero-order chi connectivity index (χ0) is 40.1. The van der Waals surface area contributed by atoms with Crippen LogP contribution in [0.3, 0.4) is 0 Å². The Labute approximate surface area is 379 Å². The Kier molecular flexibility index (Phi) is 19.3. The number of halogens is 2. The average Bonchev–Trinajstić information content (AvgIpc) is 3.49. The zero-order valence-electron chi connectivity index (χ0n) is 31.5. The molecule has 0 saturated heterocycles. The molecule has 0 amide bonds. The third kappa shape index (κ3) is 14.9. The smallest absolute Gasteiger partial charge is 0.124 e. The fourth-order valence-corrected chi connectivity index (χ4v) is 6.79. The molecule has 3 aromatic carbocycles. The van der Waals surface area contributed by atoms with Gasteiger partial charge in [-0.1, -0.05) is 110 Å². The summed E-state index contributed by atoms with van der Waals surface area (Å²) in [5, 5.41) is 0. The van der Waals surface area contributed by atoms with Crippen molar-refractivity contribution in [2.75, 3.05) is 13.2 Å². The fraction of sp³-hybridized carbons (Fsp3) is 0.245. The summed E-state index contributed by atoms with van der Waals surface area (Å²) in [6.07, 6.45) is 19.2. The maximum atomic E-state index is 14.3. The van der Waals surface area contributed by atoms with Crippen LogP contribution in [0.25, 0.3) is 11.1 Å². The van der Waals surface area contributed by atoms with E-state index in [1.165, 1.54) is 44.6 Å². The van der Waals surface area contributed by atoms with E-state index in [0.29, 0.717) is 13.2 Å². The Hall–Kier alpha value is -7.17. The molecule has 3 aromatic rings. The lowest BCUT2D eigenvalue weighted by Crippen LogP contribution is -2.18. The minimum absolute atomic E-state index is 0. The van der Waals surface area contributed by atoms with Gasteiger partial charge in [-0.3, -0.25) is 0 Å². The summed E-state index contributed by atoms with van der Waals surface area (Å²) in [7, 11) is 0. The van der Waals surface area contributed by atoms with Crippen LogP contribution in [0.5, 0.6) is 5.75 Å². The number of rotatable bonds is 15. The van der Waals surface area contributed by atoms with Gasteiger partial charge in [-0.2, -0.15) is 0 Å². The fourth-order valence-electron chi connectivity index (χ4n) is 5.87. The molecule has 0 fully saturated rings. The molecular formula is C53H80BrFO2. The van der Waals surface area contributed by atoms with Crippen molar-refractivity contribution in [2.45, 2.75) is 68.5 Å². The SMILES string of the molecule is C#CC#CC#CC#CC#CC#CC#CC#CC#CC#CC#COCCCCCCCCCCCCOc1ccc2c(c1)C(Br)(c1cccc(F)c1)c1ccccc1-2.[HH].[HH].[HH].[HH].[HH].[HH].[HH].[HH].[HH].[HH].[HH].[HH].[HH].[HH].[HH].[HH].[HH].[HH].[HH].[HH].[HH].[HH]. The Morgan fingerprint density at radius 2 is 1.00 bits per heavy atom. The number of terminal acetylenes is 1. The van der Waals surface area contributed by atoms with Gasteiger partial charge in [0.1, 0.15) is 28.6 Å². The lowest BCUT2D eigenvalue weighted by atomic mass is 9.89. The number of hydrogen-bond acceptors (Lipinski definition) is 2. The van der Waals surface area contributed by atoms with Crippen LogP contribution in [0.4, 0.5) is 4.39 Å².